The molecule has 2 rings (SSSR count). The van der Waals surface area contributed by atoms with Crippen molar-refractivity contribution in [2.75, 3.05) is 0 Å². The molecule has 0 bridgehead atoms. The van der Waals surface area contributed by atoms with Gasteiger partial charge in [-0.05, 0) is 17.7 Å². The maximum Gasteiger partial charge on any atom is 0.408 e. The molecule has 1 heterocycles. The lowest BCUT2D eigenvalue weighted by molar-refractivity contribution is -0.137. The minimum absolute atomic E-state index is 0.0588. The number of benzene rings is 1. The predicted octanol–water partition coefficient (Wildman–Crippen LogP) is 2.66. The van der Waals surface area contributed by atoms with Gasteiger partial charge < -0.3 is 15.2 Å². The quantitative estimate of drug-likeness (QED) is 0.855. The number of carboxylic acid groups (broad SMARTS) is 1. The van der Waals surface area contributed by atoms with Crippen molar-refractivity contribution in [3.63, 3.8) is 0 Å². The molecule has 2 aromatic rings. The third kappa shape index (κ3) is 5.39. The number of nitrogens with zero attached hydrogens (tertiary/aromatic N) is 1. The highest BCUT2D eigenvalue weighted by molar-refractivity contribution is 5.71. The van der Waals surface area contributed by atoms with Crippen molar-refractivity contribution in [3.8, 4) is 0 Å². The second kappa shape index (κ2) is 7.88. The smallest absolute Gasteiger partial charge is 0.408 e. The molecule has 2 N–H and O–H groups in total. The van der Waals surface area contributed by atoms with Crippen molar-refractivity contribution >= 4 is 12.1 Å². The summed E-state index contributed by atoms with van der Waals surface area (Å²) in [4.78, 5) is 26.5. The molecule has 0 fully saturated rings. The molecule has 0 radical (unpaired) electrons. The molecular formula is C16H15FN2O4. The number of nitrogens with one attached hydrogen (secondary N) is 1. The number of aliphatic carboxylic acids is 1. The van der Waals surface area contributed by atoms with E-state index in [9.17, 15) is 14.0 Å². The Kier molecular flexibility index (Phi) is 5.62. The fraction of sp³-hybridized carbons (Fsp3) is 0.188. The van der Waals surface area contributed by atoms with Crippen LogP contribution in [0.1, 0.15) is 23.7 Å². The molecule has 120 valence electrons. The summed E-state index contributed by atoms with van der Waals surface area (Å²) in [6.45, 7) is 0.0588. The second-order valence-corrected chi connectivity index (χ2v) is 4.76. The van der Waals surface area contributed by atoms with Crippen molar-refractivity contribution < 1.29 is 23.8 Å². The van der Waals surface area contributed by atoms with Gasteiger partial charge in [-0.1, -0.05) is 30.3 Å². The van der Waals surface area contributed by atoms with Crippen LogP contribution in [0.5, 0.6) is 0 Å². The monoisotopic (exact) mass is 318 g/mol. The number of hydrogen-bond donors (Lipinski definition) is 2. The van der Waals surface area contributed by atoms with Crippen LogP contribution < -0.4 is 5.32 Å². The number of pyridine rings is 1. The molecule has 0 unspecified atom stereocenters. The Bertz CT molecular complexity index is 662. The Morgan fingerprint density at radius 3 is 2.57 bits per heavy atom. The molecule has 0 spiro atoms. The van der Waals surface area contributed by atoms with E-state index in [2.05, 4.69) is 10.3 Å². The fourth-order valence-electron chi connectivity index (χ4n) is 1.90. The second-order valence-electron chi connectivity index (χ2n) is 4.76. The maximum atomic E-state index is 12.9. The van der Waals surface area contributed by atoms with Gasteiger partial charge in [0.2, 0.25) is 0 Å². The first-order valence-electron chi connectivity index (χ1n) is 6.85. The number of alkyl carbamates (subject to hydrolysis) is 1. The van der Waals surface area contributed by atoms with Crippen molar-refractivity contribution in [2.24, 2.45) is 0 Å². The number of halogens is 1. The van der Waals surface area contributed by atoms with E-state index in [4.69, 9.17) is 9.84 Å². The summed E-state index contributed by atoms with van der Waals surface area (Å²) in [7, 11) is 0. The van der Waals surface area contributed by atoms with Crippen molar-refractivity contribution in [1.29, 1.82) is 0 Å². The maximum absolute atomic E-state index is 12.9. The van der Waals surface area contributed by atoms with Crippen LogP contribution in [-0.4, -0.2) is 22.2 Å². The highest BCUT2D eigenvalue weighted by Crippen LogP contribution is 2.15. The molecule has 1 atom stereocenters. The van der Waals surface area contributed by atoms with Gasteiger partial charge in [0.1, 0.15) is 12.4 Å². The number of amides is 1. The van der Waals surface area contributed by atoms with Crippen LogP contribution in [0.25, 0.3) is 0 Å². The van der Waals surface area contributed by atoms with E-state index < -0.39 is 23.9 Å². The summed E-state index contributed by atoms with van der Waals surface area (Å²) in [5.74, 6) is -1.67. The van der Waals surface area contributed by atoms with E-state index in [0.29, 0.717) is 0 Å². The fourth-order valence-corrected chi connectivity index (χ4v) is 1.90. The Labute approximate surface area is 131 Å². The zero-order valence-corrected chi connectivity index (χ0v) is 12.1. The summed E-state index contributed by atoms with van der Waals surface area (Å²) in [6, 6.07) is 10.6. The molecule has 1 amide bonds. The Morgan fingerprint density at radius 2 is 1.96 bits per heavy atom. The topological polar surface area (TPSA) is 88.5 Å². The molecule has 1 aromatic heterocycles. The van der Waals surface area contributed by atoms with Crippen molar-refractivity contribution in [1.82, 2.24) is 10.3 Å². The summed E-state index contributed by atoms with van der Waals surface area (Å²) >= 11 is 0. The minimum Gasteiger partial charge on any atom is -0.481 e. The van der Waals surface area contributed by atoms with Crippen molar-refractivity contribution in [3.05, 3.63) is 65.7 Å². The van der Waals surface area contributed by atoms with Crippen LogP contribution in [0.2, 0.25) is 0 Å². The van der Waals surface area contributed by atoms with E-state index >= 15 is 0 Å². The molecule has 7 heteroatoms. The lowest BCUT2D eigenvalue weighted by atomic mass is 10.1. The van der Waals surface area contributed by atoms with Crippen LogP contribution in [0.4, 0.5) is 9.18 Å². The molecule has 1 aromatic carbocycles. The van der Waals surface area contributed by atoms with Crippen molar-refractivity contribution in [2.45, 2.75) is 19.1 Å². The van der Waals surface area contributed by atoms with Crippen LogP contribution >= 0.6 is 0 Å². The zero-order chi connectivity index (χ0) is 16.7. The number of carbonyl (C=O) groups excluding carboxylic acids is 1. The van der Waals surface area contributed by atoms with Gasteiger partial charge in [0.15, 0.2) is 0 Å². The molecule has 6 nitrogen and oxygen atoms in total. The Hall–Kier alpha value is -2.96. The van der Waals surface area contributed by atoms with Crippen LogP contribution in [0.15, 0.2) is 48.7 Å². The standard InChI is InChI=1S/C16H15FN2O4/c17-12-6-7-13(18-9-12)14(8-15(20)21)19-16(22)23-10-11-4-2-1-3-5-11/h1-7,9,14H,8,10H2,(H,19,22)(H,20,21)/t14-/m0/s1. The van der Waals surface area contributed by atoms with Gasteiger partial charge in [0.25, 0.3) is 0 Å². The van der Waals surface area contributed by atoms with Gasteiger partial charge in [-0.3, -0.25) is 9.78 Å². The average Bonchev–Trinajstić information content (AvgIpc) is 2.53. The predicted molar refractivity (Wildman–Crippen MR) is 79.0 cm³/mol. The first-order valence-corrected chi connectivity index (χ1v) is 6.85. The first-order chi connectivity index (χ1) is 11.0. The number of carbonyl (C=O) groups is 2. The summed E-state index contributed by atoms with van der Waals surface area (Å²) in [5, 5.41) is 11.4. The highest BCUT2D eigenvalue weighted by atomic mass is 19.1. The number of aromatic nitrogens is 1. The molecule has 0 aliphatic carbocycles. The number of carboxylic acids is 1. The largest absolute Gasteiger partial charge is 0.481 e. The number of rotatable bonds is 6. The van der Waals surface area contributed by atoms with Gasteiger partial charge in [0.05, 0.1) is 24.4 Å². The van der Waals surface area contributed by atoms with Gasteiger partial charge in [-0.25, -0.2) is 9.18 Å². The van der Waals surface area contributed by atoms with E-state index in [0.717, 1.165) is 17.8 Å². The summed E-state index contributed by atoms with van der Waals surface area (Å²) < 4.78 is 17.9. The third-order valence-electron chi connectivity index (χ3n) is 2.99. The van der Waals surface area contributed by atoms with Gasteiger partial charge in [-0.15, -0.1) is 0 Å². The summed E-state index contributed by atoms with van der Waals surface area (Å²) in [5.41, 5.74) is 1.04. The van der Waals surface area contributed by atoms with E-state index in [1.807, 2.05) is 18.2 Å². The van der Waals surface area contributed by atoms with E-state index in [1.165, 1.54) is 6.07 Å². The van der Waals surface area contributed by atoms with Gasteiger partial charge >= 0.3 is 12.1 Å². The molecule has 0 aliphatic heterocycles. The molecular weight excluding hydrogens is 303 g/mol. The van der Waals surface area contributed by atoms with E-state index in [1.54, 1.807) is 12.1 Å². The van der Waals surface area contributed by atoms with Gasteiger partial charge in [0, 0.05) is 0 Å². The van der Waals surface area contributed by atoms with Crippen LogP contribution in [-0.2, 0) is 16.1 Å². The number of ether oxygens (including phenoxy) is 1. The first kappa shape index (κ1) is 16.4. The number of hydrogen-bond acceptors (Lipinski definition) is 4. The third-order valence-corrected chi connectivity index (χ3v) is 2.99. The SMILES string of the molecule is O=C(O)C[C@H](NC(=O)OCc1ccccc1)c1ccc(F)cn1. The Morgan fingerprint density at radius 1 is 1.22 bits per heavy atom. The zero-order valence-electron chi connectivity index (χ0n) is 12.1. The molecule has 23 heavy (non-hydrogen) atoms. The van der Waals surface area contributed by atoms with Crippen LogP contribution in [0.3, 0.4) is 0 Å². The molecule has 0 saturated heterocycles. The lowest BCUT2D eigenvalue weighted by Crippen LogP contribution is -2.31. The van der Waals surface area contributed by atoms with Crippen LogP contribution in [0, 0.1) is 5.82 Å². The molecule has 0 aliphatic rings. The highest BCUT2D eigenvalue weighted by Gasteiger charge is 2.20. The normalized spacial score (nSPS) is 11.5. The molecule has 0 saturated carbocycles. The Balaban J connectivity index is 1.98. The minimum atomic E-state index is -1.12. The lowest BCUT2D eigenvalue weighted by Gasteiger charge is -2.16. The summed E-state index contributed by atoms with van der Waals surface area (Å²) in [6.07, 6.45) is -0.202. The van der Waals surface area contributed by atoms with E-state index in [-0.39, 0.29) is 18.7 Å². The van der Waals surface area contributed by atoms with Gasteiger partial charge in [-0.2, -0.15) is 0 Å². The average molecular weight is 318 g/mol.